The van der Waals surface area contributed by atoms with Crippen molar-refractivity contribution < 1.29 is 23.2 Å². The molecule has 0 amide bonds. The van der Waals surface area contributed by atoms with Crippen molar-refractivity contribution in [3.63, 3.8) is 0 Å². The van der Waals surface area contributed by atoms with E-state index in [0.717, 1.165) is 12.5 Å². The molecule has 0 saturated heterocycles. The van der Waals surface area contributed by atoms with Crippen LogP contribution in [-0.2, 0) is 14.8 Å². The topological polar surface area (TPSA) is 130 Å². The van der Waals surface area contributed by atoms with E-state index < -0.39 is 32.6 Å². The number of hydrogen-bond donors (Lipinski definition) is 2. The zero-order chi connectivity index (χ0) is 19.9. The van der Waals surface area contributed by atoms with E-state index in [4.69, 9.17) is 0 Å². The third kappa shape index (κ3) is 5.15. The van der Waals surface area contributed by atoms with Crippen molar-refractivity contribution in [2.45, 2.75) is 51.0 Å². The summed E-state index contributed by atoms with van der Waals surface area (Å²) in [5.74, 6) is -1.12. The Morgan fingerprint density at radius 3 is 2.38 bits per heavy atom. The number of benzene rings is 1. The molecule has 0 aliphatic rings. The quantitative estimate of drug-likeness (QED) is 0.441. The highest BCUT2D eigenvalue weighted by atomic mass is 32.2. The molecule has 26 heavy (non-hydrogen) atoms. The van der Waals surface area contributed by atoms with Gasteiger partial charge in [-0.2, -0.15) is 4.31 Å². The van der Waals surface area contributed by atoms with Gasteiger partial charge in [0.05, 0.1) is 9.82 Å². The van der Waals surface area contributed by atoms with Crippen molar-refractivity contribution in [2.75, 3.05) is 18.4 Å². The minimum absolute atomic E-state index is 0.0167. The van der Waals surface area contributed by atoms with Crippen LogP contribution in [0.15, 0.2) is 23.1 Å². The van der Waals surface area contributed by atoms with Gasteiger partial charge in [-0.1, -0.05) is 33.6 Å². The Labute approximate surface area is 153 Å². The normalized spacial score (nSPS) is 12.8. The van der Waals surface area contributed by atoms with Gasteiger partial charge < -0.3 is 10.4 Å². The van der Waals surface area contributed by atoms with Crippen LogP contribution in [0.1, 0.15) is 40.0 Å². The van der Waals surface area contributed by atoms with Crippen LogP contribution < -0.4 is 5.32 Å². The maximum atomic E-state index is 12.5. The zero-order valence-electron chi connectivity index (χ0n) is 15.1. The van der Waals surface area contributed by atoms with Crippen LogP contribution in [0, 0.1) is 10.1 Å². The first-order valence-corrected chi connectivity index (χ1v) is 9.90. The number of carboxylic acids is 1. The van der Waals surface area contributed by atoms with Crippen LogP contribution in [0.25, 0.3) is 0 Å². The average Bonchev–Trinajstić information content (AvgIpc) is 2.58. The van der Waals surface area contributed by atoms with Crippen molar-refractivity contribution in [1.29, 1.82) is 0 Å². The molecule has 1 aromatic rings. The predicted octanol–water partition coefficient (Wildman–Crippen LogP) is 2.68. The molecule has 0 saturated carbocycles. The Balaban J connectivity index is 3.29. The standard InChI is InChI=1S/C16H25N3O6S/c1-4-7-8-14(16(20)21)17-13-10-9-12(11-15(13)19(22)23)26(24,25)18(5-2)6-3/h9-11,14,17H,4-8H2,1-3H3,(H,20,21)/t14-/m0/s1. The highest BCUT2D eigenvalue weighted by Crippen LogP contribution is 2.30. The second kappa shape index (κ2) is 9.48. The monoisotopic (exact) mass is 387 g/mol. The van der Waals surface area contributed by atoms with Crippen molar-refractivity contribution in [1.82, 2.24) is 4.31 Å². The number of nitrogens with one attached hydrogen (secondary N) is 1. The molecule has 0 heterocycles. The molecule has 10 heteroatoms. The van der Waals surface area contributed by atoms with Gasteiger partial charge in [0, 0.05) is 19.2 Å². The van der Waals surface area contributed by atoms with E-state index in [0.29, 0.717) is 12.8 Å². The van der Waals surface area contributed by atoms with Gasteiger partial charge in [0.2, 0.25) is 10.0 Å². The average molecular weight is 387 g/mol. The molecule has 0 aromatic heterocycles. The van der Waals surface area contributed by atoms with E-state index in [1.807, 2.05) is 6.92 Å². The number of hydrogen-bond acceptors (Lipinski definition) is 6. The van der Waals surface area contributed by atoms with Gasteiger partial charge in [-0.25, -0.2) is 13.2 Å². The lowest BCUT2D eigenvalue weighted by atomic mass is 10.1. The molecule has 1 rings (SSSR count). The Kier molecular flexibility index (Phi) is 7.97. The van der Waals surface area contributed by atoms with Gasteiger partial charge in [0.15, 0.2) is 0 Å². The van der Waals surface area contributed by atoms with E-state index in [1.165, 1.54) is 16.4 Å². The molecule has 9 nitrogen and oxygen atoms in total. The molecule has 2 N–H and O–H groups in total. The number of anilines is 1. The van der Waals surface area contributed by atoms with Gasteiger partial charge >= 0.3 is 5.97 Å². The van der Waals surface area contributed by atoms with Crippen molar-refractivity contribution in [3.8, 4) is 0 Å². The lowest BCUT2D eigenvalue weighted by molar-refractivity contribution is -0.384. The van der Waals surface area contributed by atoms with Gasteiger partial charge in [0.1, 0.15) is 11.7 Å². The minimum Gasteiger partial charge on any atom is -0.480 e. The van der Waals surface area contributed by atoms with Gasteiger partial charge in [0.25, 0.3) is 5.69 Å². The van der Waals surface area contributed by atoms with Crippen LogP contribution in [0.2, 0.25) is 0 Å². The van der Waals surface area contributed by atoms with Crippen molar-refractivity contribution in [2.24, 2.45) is 0 Å². The summed E-state index contributed by atoms with van der Waals surface area (Å²) in [5.41, 5.74) is -0.488. The van der Waals surface area contributed by atoms with Gasteiger partial charge in [-0.15, -0.1) is 0 Å². The molecule has 0 aliphatic carbocycles. The number of carboxylic acid groups (broad SMARTS) is 1. The molecule has 1 aromatic carbocycles. The number of aliphatic carboxylic acids is 1. The molecule has 0 unspecified atom stereocenters. The van der Waals surface area contributed by atoms with Crippen molar-refractivity contribution >= 4 is 27.4 Å². The molecule has 146 valence electrons. The molecule has 0 spiro atoms. The molecular formula is C16H25N3O6S. The first-order valence-electron chi connectivity index (χ1n) is 8.46. The Bertz CT molecular complexity index is 746. The van der Waals surface area contributed by atoms with Crippen LogP contribution in [0.3, 0.4) is 0 Å². The summed E-state index contributed by atoms with van der Waals surface area (Å²) in [7, 11) is -3.85. The Hall–Kier alpha value is -2.20. The van der Waals surface area contributed by atoms with E-state index in [9.17, 15) is 28.4 Å². The maximum Gasteiger partial charge on any atom is 0.326 e. The summed E-state index contributed by atoms with van der Waals surface area (Å²) in [4.78, 5) is 21.8. The summed E-state index contributed by atoms with van der Waals surface area (Å²) in [6.45, 7) is 5.75. The fourth-order valence-corrected chi connectivity index (χ4v) is 3.99. The summed E-state index contributed by atoms with van der Waals surface area (Å²) in [6, 6.07) is 2.48. The number of sulfonamides is 1. The van der Waals surface area contributed by atoms with E-state index in [-0.39, 0.29) is 23.7 Å². The van der Waals surface area contributed by atoms with Crippen LogP contribution in [0.4, 0.5) is 11.4 Å². The highest BCUT2D eigenvalue weighted by molar-refractivity contribution is 7.89. The van der Waals surface area contributed by atoms with Crippen molar-refractivity contribution in [3.05, 3.63) is 28.3 Å². The summed E-state index contributed by atoms with van der Waals surface area (Å²) < 4.78 is 26.3. The number of nitrogens with zero attached hydrogens (tertiary/aromatic N) is 2. The SMILES string of the molecule is CCCC[C@H](Nc1ccc(S(=O)(=O)N(CC)CC)cc1[N+](=O)[O-])C(=O)O. The second-order valence-corrected chi connectivity index (χ2v) is 7.64. The largest absolute Gasteiger partial charge is 0.480 e. The lowest BCUT2D eigenvalue weighted by Gasteiger charge is -2.19. The highest BCUT2D eigenvalue weighted by Gasteiger charge is 2.27. The number of nitro groups is 1. The molecule has 0 bridgehead atoms. The predicted molar refractivity (Wildman–Crippen MR) is 97.8 cm³/mol. The first-order chi connectivity index (χ1) is 12.2. The third-order valence-corrected chi connectivity index (χ3v) is 6.03. The van der Waals surface area contributed by atoms with Gasteiger partial charge in [-0.3, -0.25) is 10.1 Å². The fraction of sp³-hybridized carbons (Fsp3) is 0.562. The third-order valence-electron chi connectivity index (χ3n) is 3.98. The summed E-state index contributed by atoms with van der Waals surface area (Å²) in [6.07, 6.45) is 1.74. The smallest absolute Gasteiger partial charge is 0.326 e. The fourth-order valence-electron chi connectivity index (χ4n) is 2.51. The number of carbonyl (C=O) groups is 1. The van der Waals surface area contributed by atoms with Gasteiger partial charge in [-0.05, 0) is 18.6 Å². The van der Waals surface area contributed by atoms with Crippen LogP contribution in [-0.4, -0.2) is 47.9 Å². The minimum atomic E-state index is -3.85. The maximum absolute atomic E-state index is 12.5. The molecule has 0 aliphatic heterocycles. The Morgan fingerprint density at radius 1 is 1.31 bits per heavy atom. The summed E-state index contributed by atoms with van der Waals surface area (Å²) in [5, 5.41) is 23.3. The summed E-state index contributed by atoms with van der Waals surface area (Å²) >= 11 is 0. The number of nitro benzene ring substituents is 1. The van der Waals surface area contributed by atoms with E-state index in [1.54, 1.807) is 13.8 Å². The van der Waals surface area contributed by atoms with Crippen LogP contribution >= 0.6 is 0 Å². The molecular weight excluding hydrogens is 362 g/mol. The molecule has 0 radical (unpaired) electrons. The van der Waals surface area contributed by atoms with Crippen LogP contribution in [0.5, 0.6) is 0 Å². The zero-order valence-corrected chi connectivity index (χ0v) is 16.0. The second-order valence-electron chi connectivity index (χ2n) is 5.70. The molecule has 0 fully saturated rings. The first kappa shape index (κ1) is 21.8. The van der Waals surface area contributed by atoms with E-state index >= 15 is 0 Å². The number of unbranched alkanes of at least 4 members (excludes halogenated alkanes) is 1. The Morgan fingerprint density at radius 2 is 1.92 bits per heavy atom. The van der Waals surface area contributed by atoms with E-state index in [2.05, 4.69) is 5.32 Å². The number of rotatable bonds is 11. The lowest BCUT2D eigenvalue weighted by Crippen LogP contribution is -2.31. The molecule has 1 atom stereocenters.